The van der Waals surface area contributed by atoms with E-state index in [9.17, 15) is 4.79 Å². The maximum atomic E-state index is 11.9. The van der Waals surface area contributed by atoms with Crippen molar-refractivity contribution in [1.29, 1.82) is 0 Å². The van der Waals surface area contributed by atoms with Gasteiger partial charge >= 0.3 is 0 Å². The highest BCUT2D eigenvalue weighted by Crippen LogP contribution is 2.05. The lowest BCUT2D eigenvalue weighted by Gasteiger charge is -2.06. The summed E-state index contributed by atoms with van der Waals surface area (Å²) >= 11 is 0. The highest BCUT2D eigenvalue weighted by atomic mass is 16.1. The van der Waals surface area contributed by atoms with Crippen molar-refractivity contribution in [1.82, 2.24) is 10.3 Å². The van der Waals surface area contributed by atoms with Gasteiger partial charge in [0.15, 0.2) is 0 Å². The molecule has 0 aliphatic rings. The average Bonchev–Trinajstić information content (AvgIpc) is 2.47. The number of hydrazine groups is 1. The van der Waals surface area contributed by atoms with Gasteiger partial charge in [0.05, 0.1) is 5.56 Å². The Bertz CT molecular complexity index is 581. The number of nitrogens with zero attached hydrogens (tertiary/aromatic N) is 1. The average molecular weight is 270 g/mol. The predicted octanol–water partition coefficient (Wildman–Crippen LogP) is 1.65. The molecule has 0 unspecified atom stereocenters. The Morgan fingerprint density at radius 2 is 2.15 bits per heavy atom. The van der Waals surface area contributed by atoms with Crippen LogP contribution in [0, 0.1) is 6.92 Å². The van der Waals surface area contributed by atoms with E-state index in [-0.39, 0.29) is 5.91 Å². The molecule has 0 atom stereocenters. The van der Waals surface area contributed by atoms with Crippen molar-refractivity contribution in [3.63, 3.8) is 0 Å². The summed E-state index contributed by atoms with van der Waals surface area (Å²) in [4.78, 5) is 15.9. The predicted molar refractivity (Wildman–Crippen MR) is 79.3 cm³/mol. The number of pyridine rings is 1. The third-order valence-electron chi connectivity index (χ3n) is 2.96. The molecule has 0 radical (unpaired) electrons. The molecule has 0 aliphatic heterocycles. The molecule has 104 valence electrons. The van der Waals surface area contributed by atoms with E-state index in [4.69, 9.17) is 5.84 Å². The van der Waals surface area contributed by atoms with Crippen LogP contribution < -0.4 is 16.6 Å². The molecule has 4 N–H and O–H groups in total. The number of nitrogen functional groups attached to an aromatic ring is 1. The zero-order valence-corrected chi connectivity index (χ0v) is 11.4. The molecule has 1 aromatic heterocycles. The van der Waals surface area contributed by atoms with Gasteiger partial charge in [0.2, 0.25) is 0 Å². The lowest BCUT2D eigenvalue weighted by Crippen LogP contribution is -2.25. The van der Waals surface area contributed by atoms with Crippen LogP contribution in [0.3, 0.4) is 0 Å². The monoisotopic (exact) mass is 270 g/mol. The van der Waals surface area contributed by atoms with Gasteiger partial charge in [0.25, 0.3) is 5.91 Å². The van der Waals surface area contributed by atoms with Crippen molar-refractivity contribution in [2.24, 2.45) is 5.84 Å². The number of rotatable bonds is 5. The zero-order chi connectivity index (χ0) is 14.4. The Labute approximate surface area is 118 Å². The number of carbonyl (C=O) groups excluding carboxylic acids is 1. The Morgan fingerprint density at radius 3 is 2.80 bits per heavy atom. The second kappa shape index (κ2) is 6.68. The summed E-state index contributed by atoms with van der Waals surface area (Å²) in [7, 11) is 0. The molecule has 20 heavy (non-hydrogen) atoms. The summed E-state index contributed by atoms with van der Waals surface area (Å²) < 4.78 is 0. The van der Waals surface area contributed by atoms with E-state index in [1.165, 1.54) is 17.3 Å². The fourth-order valence-electron chi connectivity index (χ4n) is 1.90. The summed E-state index contributed by atoms with van der Waals surface area (Å²) in [6.07, 6.45) is 2.31. The van der Waals surface area contributed by atoms with Crippen molar-refractivity contribution in [3.05, 3.63) is 59.3 Å². The van der Waals surface area contributed by atoms with Crippen molar-refractivity contribution < 1.29 is 4.79 Å². The lowest BCUT2D eigenvalue weighted by atomic mass is 10.1. The van der Waals surface area contributed by atoms with Gasteiger partial charge in [-0.05, 0) is 31.0 Å². The number of aryl methyl sites for hydroxylation is 1. The van der Waals surface area contributed by atoms with Gasteiger partial charge in [-0.15, -0.1) is 0 Å². The smallest absolute Gasteiger partial charge is 0.252 e. The number of benzene rings is 1. The Balaban J connectivity index is 1.85. The minimum absolute atomic E-state index is 0.131. The minimum Gasteiger partial charge on any atom is -0.352 e. The topological polar surface area (TPSA) is 80.0 Å². The van der Waals surface area contributed by atoms with Crippen LogP contribution in [0.25, 0.3) is 0 Å². The molecule has 5 heteroatoms. The van der Waals surface area contributed by atoms with Gasteiger partial charge in [-0.2, -0.15) is 0 Å². The molecule has 0 spiro atoms. The lowest BCUT2D eigenvalue weighted by molar-refractivity contribution is 0.0954. The van der Waals surface area contributed by atoms with E-state index in [0.29, 0.717) is 17.9 Å². The molecule has 2 rings (SSSR count). The highest BCUT2D eigenvalue weighted by molar-refractivity contribution is 5.94. The number of amides is 1. The first-order valence-electron chi connectivity index (χ1n) is 6.45. The minimum atomic E-state index is -0.131. The first-order valence-corrected chi connectivity index (χ1v) is 6.45. The van der Waals surface area contributed by atoms with Gasteiger partial charge in [-0.1, -0.05) is 29.8 Å². The van der Waals surface area contributed by atoms with Gasteiger partial charge in [-0.25, -0.2) is 10.8 Å². The Morgan fingerprint density at radius 1 is 1.30 bits per heavy atom. The number of hydrogen-bond donors (Lipinski definition) is 3. The fraction of sp³-hybridized carbons (Fsp3) is 0.200. The summed E-state index contributed by atoms with van der Waals surface area (Å²) in [6, 6.07) is 11.6. The molecule has 0 saturated carbocycles. The largest absolute Gasteiger partial charge is 0.352 e. The van der Waals surface area contributed by atoms with Crippen molar-refractivity contribution in [2.75, 3.05) is 12.0 Å². The van der Waals surface area contributed by atoms with Crippen LogP contribution in [0.4, 0.5) is 5.82 Å². The molecule has 5 nitrogen and oxygen atoms in total. The third kappa shape index (κ3) is 3.80. The standard InChI is InChI=1S/C15H18N4O/c1-11-3-2-4-12(9-11)7-8-17-15(20)13-5-6-14(19-16)18-10-13/h2-6,9-10H,7-8,16H2,1H3,(H,17,20)(H,18,19). The SMILES string of the molecule is Cc1cccc(CCNC(=O)c2ccc(NN)nc2)c1. The first-order chi connectivity index (χ1) is 9.69. The van der Waals surface area contributed by atoms with Crippen molar-refractivity contribution >= 4 is 11.7 Å². The second-order valence-electron chi connectivity index (χ2n) is 4.57. The van der Waals surface area contributed by atoms with E-state index < -0.39 is 0 Å². The van der Waals surface area contributed by atoms with E-state index in [2.05, 4.69) is 40.8 Å². The molecule has 0 bridgehead atoms. The fourth-order valence-corrected chi connectivity index (χ4v) is 1.90. The third-order valence-corrected chi connectivity index (χ3v) is 2.96. The van der Waals surface area contributed by atoms with Gasteiger partial charge < -0.3 is 10.7 Å². The van der Waals surface area contributed by atoms with Gasteiger partial charge in [0, 0.05) is 12.7 Å². The second-order valence-corrected chi connectivity index (χ2v) is 4.57. The Hall–Kier alpha value is -2.40. The number of carbonyl (C=O) groups is 1. The number of nitrogens with one attached hydrogen (secondary N) is 2. The van der Waals surface area contributed by atoms with E-state index in [1.54, 1.807) is 12.1 Å². The molecule has 0 aliphatic carbocycles. The van der Waals surface area contributed by atoms with E-state index in [0.717, 1.165) is 6.42 Å². The summed E-state index contributed by atoms with van der Waals surface area (Å²) in [5.74, 6) is 5.62. The van der Waals surface area contributed by atoms with Crippen LogP contribution in [0.1, 0.15) is 21.5 Å². The molecular formula is C15H18N4O. The maximum Gasteiger partial charge on any atom is 0.252 e. The van der Waals surface area contributed by atoms with Gasteiger partial charge in [-0.3, -0.25) is 4.79 Å². The summed E-state index contributed by atoms with van der Waals surface area (Å²) in [5, 5.41) is 2.87. The van der Waals surface area contributed by atoms with Crippen LogP contribution in [-0.2, 0) is 6.42 Å². The van der Waals surface area contributed by atoms with E-state index in [1.807, 2.05) is 6.07 Å². The highest BCUT2D eigenvalue weighted by Gasteiger charge is 2.05. The van der Waals surface area contributed by atoms with Crippen LogP contribution in [0.5, 0.6) is 0 Å². The number of nitrogens with two attached hydrogens (primary N) is 1. The number of aromatic nitrogens is 1. The van der Waals surface area contributed by atoms with Crippen molar-refractivity contribution in [2.45, 2.75) is 13.3 Å². The van der Waals surface area contributed by atoms with Crippen LogP contribution in [0.15, 0.2) is 42.6 Å². The van der Waals surface area contributed by atoms with E-state index >= 15 is 0 Å². The quantitative estimate of drug-likeness (QED) is 0.570. The number of hydrogen-bond acceptors (Lipinski definition) is 4. The van der Waals surface area contributed by atoms with Crippen molar-refractivity contribution in [3.8, 4) is 0 Å². The Kier molecular flexibility index (Phi) is 4.68. The molecule has 0 fully saturated rings. The maximum absolute atomic E-state index is 11.9. The summed E-state index contributed by atoms with van der Waals surface area (Å²) in [6.45, 7) is 2.65. The molecule has 0 saturated heterocycles. The normalized spacial score (nSPS) is 10.1. The van der Waals surface area contributed by atoms with Gasteiger partial charge in [0.1, 0.15) is 5.82 Å². The van der Waals surface area contributed by atoms with Crippen LogP contribution >= 0.6 is 0 Å². The molecule has 1 aromatic carbocycles. The molecule has 2 aromatic rings. The van der Waals surface area contributed by atoms with Crippen LogP contribution in [0.2, 0.25) is 0 Å². The zero-order valence-electron chi connectivity index (χ0n) is 11.4. The van der Waals surface area contributed by atoms with Crippen LogP contribution in [-0.4, -0.2) is 17.4 Å². The molecule has 1 heterocycles. The molecule has 1 amide bonds. The molecular weight excluding hydrogens is 252 g/mol. The summed E-state index contributed by atoms with van der Waals surface area (Å²) in [5.41, 5.74) is 5.38. The first kappa shape index (κ1) is 14.0. The number of anilines is 1.